The van der Waals surface area contributed by atoms with Gasteiger partial charge in [0, 0.05) is 19.4 Å². The Morgan fingerprint density at radius 3 is 2.69 bits per heavy atom. The van der Waals surface area contributed by atoms with Crippen LogP contribution in [0, 0.1) is 42.9 Å². The molecule has 2 amide bonds. The molecule has 0 aromatic carbocycles. The monoisotopic (exact) mass is 216 g/mol. The molecule has 2 saturated carbocycles. The lowest BCUT2D eigenvalue weighted by atomic mass is 9.77. The molecule has 3 aliphatic rings. The van der Waals surface area contributed by atoms with Crippen molar-refractivity contribution in [2.45, 2.75) is 6.42 Å². The van der Waals surface area contributed by atoms with Crippen LogP contribution < -0.4 is 0 Å². The van der Waals surface area contributed by atoms with Crippen LogP contribution in [0.4, 0.5) is 0 Å². The van der Waals surface area contributed by atoms with E-state index in [0.717, 1.165) is 5.92 Å². The van der Waals surface area contributed by atoms with Gasteiger partial charge in [-0.05, 0) is 19.3 Å². The van der Waals surface area contributed by atoms with Crippen molar-refractivity contribution in [1.29, 1.82) is 0 Å². The van der Waals surface area contributed by atoms with E-state index in [-0.39, 0.29) is 23.5 Å². The number of Topliss-reactive ketones (excluding diaryl/α,β-unsaturated/α-hetero) is 1. The highest BCUT2D eigenvalue weighted by Gasteiger charge is 2.59. The molecule has 3 fully saturated rings. The molecule has 2 atom stereocenters. The molecule has 3 rings (SSSR count). The van der Waals surface area contributed by atoms with Crippen LogP contribution in [0.15, 0.2) is 0 Å². The Hall–Kier alpha value is -1.19. The van der Waals surface area contributed by atoms with Crippen molar-refractivity contribution in [2.24, 2.45) is 11.8 Å². The van der Waals surface area contributed by atoms with E-state index in [0.29, 0.717) is 12.3 Å². The maximum Gasteiger partial charge on any atom is 0.233 e. The van der Waals surface area contributed by atoms with Gasteiger partial charge in [0.2, 0.25) is 11.8 Å². The predicted molar refractivity (Wildman–Crippen MR) is 53.8 cm³/mol. The summed E-state index contributed by atoms with van der Waals surface area (Å²) in [6.07, 6.45) is 5.33. The molecule has 4 heteroatoms. The minimum absolute atomic E-state index is 0.0600. The standard InChI is InChI=1S/C12H10NO3/c1-13-11(15)8-5-7-6(10(8)12(13)16)3-2-4-9(7)14/h2-4,8,10H,5H2,1H3. The Morgan fingerprint density at radius 1 is 1.19 bits per heavy atom. The number of likely N-dealkylation sites (tertiary alicyclic amines) is 1. The summed E-state index contributed by atoms with van der Waals surface area (Å²) >= 11 is 0. The number of hydrogen-bond acceptors (Lipinski definition) is 3. The first-order valence-corrected chi connectivity index (χ1v) is 5.21. The lowest BCUT2D eigenvalue weighted by Gasteiger charge is -2.25. The van der Waals surface area contributed by atoms with E-state index in [2.05, 4.69) is 0 Å². The number of nitrogens with zero attached hydrogens (tertiary/aromatic N) is 1. The Bertz CT molecular complexity index is 390. The number of rotatable bonds is 0. The molecule has 2 aliphatic carbocycles. The molecule has 16 heavy (non-hydrogen) atoms. The summed E-state index contributed by atoms with van der Waals surface area (Å²) in [5.74, 6) is 0.233. The van der Waals surface area contributed by atoms with Gasteiger partial charge in [-0.1, -0.05) is 0 Å². The summed E-state index contributed by atoms with van der Waals surface area (Å²) in [5, 5.41) is 0. The first-order valence-electron chi connectivity index (χ1n) is 5.21. The van der Waals surface area contributed by atoms with Crippen LogP contribution >= 0.6 is 0 Å². The van der Waals surface area contributed by atoms with Gasteiger partial charge in [-0.2, -0.15) is 0 Å². The molecule has 2 unspecified atom stereocenters. The van der Waals surface area contributed by atoms with Crippen molar-refractivity contribution in [1.82, 2.24) is 4.90 Å². The van der Waals surface area contributed by atoms with Crippen molar-refractivity contribution in [2.75, 3.05) is 7.05 Å². The van der Waals surface area contributed by atoms with E-state index in [9.17, 15) is 14.4 Å². The van der Waals surface area contributed by atoms with Crippen LogP contribution in [-0.4, -0.2) is 29.5 Å². The fourth-order valence-corrected chi connectivity index (χ4v) is 2.75. The molecule has 5 radical (unpaired) electrons. The number of carbonyl (C=O) groups is 3. The van der Waals surface area contributed by atoms with Crippen LogP contribution in [0.5, 0.6) is 0 Å². The molecule has 0 bridgehead atoms. The van der Waals surface area contributed by atoms with E-state index in [1.165, 1.54) is 18.4 Å². The van der Waals surface area contributed by atoms with Gasteiger partial charge in [-0.15, -0.1) is 0 Å². The third-order valence-corrected chi connectivity index (χ3v) is 3.58. The highest BCUT2D eigenvalue weighted by atomic mass is 16.2. The summed E-state index contributed by atoms with van der Waals surface area (Å²) < 4.78 is 0. The second kappa shape index (κ2) is 3.15. The summed E-state index contributed by atoms with van der Waals surface area (Å²) in [6.45, 7) is 0. The number of ketones is 1. The Labute approximate surface area is 94.0 Å². The van der Waals surface area contributed by atoms with Crippen LogP contribution in [-0.2, 0) is 14.4 Å². The fourth-order valence-electron chi connectivity index (χ4n) is 2.75. The van der Waals surface area contributed by atoms with E-state index in [4.69, 9.17) is 0 Å². The zero-order chi connectivity index (χ0) is 11.4. The van der Waals surface area contributed by atoms with Crippen molar-refractivity contribution in [3.8, 4) is 0 Å². The zero-order valence-corrected chi connectivity index (χ0v) is 8.77. The molecule has 0 aromatic rings. The van der Waals surface area contributed by atoms with E-state index < -0.39 is 5.92 Å². The van der Waals surface area contributed by atoms with Crippen molar-refractivity contribution in [3.05, 3.63) is 31.1 Å². The molecular formula is C12H10NO3. The van der Waals surface area contributed by atoms with Gasteiger partial charge in [0.1, 0.15) is 5.78 Å². The normalized spacial score (nSPS) is 35.8. The van der Waals surface area contributed by atoms with E-state index in [1.807, 2.05) is 0 Å². The molecule has 1 aliphatic heterocycles. The van der Waals surface area contributed by atoms with Crippen molar-refractivity contribution < 1.29 is 14.4 Å². The van der Waals surface area contributed by atoms with Crippen molar-refractivity contribution in [3.63, 3.8) is 0 Å². The minimum atomic E-state index is -0.415. The van der Waals surface area contributed by atoms with Crippen molar-refractivity contribution >= 4 is 17.6 Å². The number of hydrogen-bond donors (Lipinski definition) is 0. The second-order valence-electron chi connectivity index (χ2n) is 4.35. The SMILES string of the molecule is CN1C(=O)C2C[C]3[C]([CH][CH][CH]C3=O)C2C1=O. The largest absolute Gasteiger partial charge is 0.299 e. The number of amides is 2. The van der Waals surface area contributed by atoms with Crippen LogP contribution in [0.2, 0.25) is 0 Å². The molecule has 4 nitrogen and oxygen atoms in total. The quantitative estimate of drug-likeness (QED) is 0.534. The maximum absolute atomic E-state index is 11.9. The topological polar surface area (TPSA) is 54.5 Å². The first-order chi connectivity index (χ1) is 7.61. The molecule has 81 valence electrons. The lowest BCUT2D eigenvalue weighted by molar-refractivity contribution is -0.138. The van der Waals surface area contributed by atoms with Gasteiger partial charge in [0.15, 0.2) is 0 Å². The van der Waals surface area contributed by atoms with Crippen LogP contribution in [0.3, 0.4) is 0 Å². The second-order valence-corrected chi connectivity index (χ2v) is 4.35. The average molecular weight is 216 g/mol. The van der Waals surface area contributed by atoms with E-state index in [1.54, 1.807) is 12.8 Å². The fraction of sp³-hybridized carbons (Fsp3) is 0.333. The summed E-state index contributed by atoms with van der Waals surface area (Å²) in [5.41, 5.74) is 0. The first kappa shape index (κ1) is 10.00. The van der Waals surface area contributed by atoms with Gasteiger partial charge in [0.25, 0.3) is 0 Å². The van der Waals surface area contributed by atoms with Crippen LogP contribution in [0.1, 0.15) is 6.42 Å². The van der Waals surface area contributed by atoms with Gasteiger partial charge in [-0.25, -0.2) is 0 Å². The van der Waals surface area contributed by atoms with Gasteiger partial charge < -0.3 is 0 Å². The molecule has 1 heterocycles. The lowest BCUT2D eigenvalue weighted by Crippen LogP contribution is -2.33. The molecule has 0 N–H and O–H groups in total. The highest BCUT2D eigenvalue weighted by Crippen LogP contribution is 2.53. The third-order valence-electron chi connectivity index (χ3n) is 3.58. The Balaban J connectivity index is 1.95. The van der Waals surface area contributed by atoms with Gasteiger partial charge in [0.05, 0.1) is 17.8 Å². The average Bonchev–Trinajstić information content (AvgIpc) is 2.74. The predicted octanol–water partition coefficient (Wildman–Crippen LogP) is -0.0344. The molecule has 0 aromatic heterocycles. The summed E-state index contributed by atoms with van der Waals surface area (Å²) in [4.78, 5) is 36.4. The summed E-state index contributed by atoms with van der Waals surface area (Å²) in [7, 11) is 1.50. The Morgan fingerprint density at radius 2 is 1.94 bits per heavy atom. The molecular weight excluding hydrogens is 206 g/mol. The highest BCUT2D eigenvalue weighted by molar-refractivity contribution is 6.13. The van der Waals surface area contributed by atoms with E-state index >= 15 is 0 Å². The molecule has 1 saturated heterocycles. The number of imide groups is 1. The number of fused-ring (bicyclic) bond motifs is 3. The third kappa shape index (κ3) is 1.07. The Kier molecular flexibility index (Phi) is 1.97. The minimum Gasteiger partial charge on any atom is -0.299 e. The summed E-state index contributed by atoms with van der Waals surface area (Å²) in [6, 6.07) is 0. The maximum atomic E-state index is 11.9. The number of carbonyl (C=O) groups excluding carboxylic acids is 3. The molecule has 0 spiro atoms. The van der Waals surface area contributed by atoms with Gasteiger partial charge >= 0.3 is 0 Å². The van der Waals surface area contributed by atoms with Gasteiger partial charge in [-0.3, -0.25) is 19.3 Å². The van der Waals surface area contributed by atoms with Crippen LogP contribution in [0.25, 0.3) is 0 Å². The smallest absolute Gasteiger partial charge is 0.233 e. The zero-order valence-electron chi connectivity index (χ0n) is 8.77.